The lowest BCUT2D eigenvalue weighted by atomic mass is 10.1. The van der Waals surface area contributed by atoms with Gasteiger partial charge >= 0.3 is 0 Å². The molecule has 3 rings (SSSR count). The van der Waals surface area contributed by atoms with E-state index < -0.39 is 0 Å². The third-order valence-electron chi connectivity index (χ3n) is 4.54. The Hall–Kier alpha value is -3.22. The van der Waals surface area contributed by atoms with Crippen molar-refractivity contribution in [1.29, 1.82) is 0 Å². The van der Waals surface area contributed by atoms with Crippen molar-refractivity contribution in [2.75, 3.05) is 19.4 Å². The molecule has 27 heavy (non-hydrogen) atoms. The van der Waals surface area contributed by atoms with Gasteiger partial charge in [-0.05, 0) is 26.0 Å². The zero-order chi connectivity index (χ0) is 19.4. The lowest BCUT2D eigenvalue weighted by Gasteiger charge is -2.17. The Labute approximate surface area is 159 Å². The van der Waals surface area contributed by atoms with Gasteiger partial charge < -0.3 is 10.2 Å². The molecule has 140 valence electrons. The summed E-state index contributed by atoms with van der Waals surface area (Å²) in [5.74, 6) is 0.596. The minimum absolute atomic E-state index is 0.0338. The molecule has 0 aliphatic heterocycles. The molecule has 0 saturated heterocycles. The summed E-state index contributed by atoms with van der Waals surface area (Å²) in [6.45, 7) is 4.41. The molecule has 0 aliphatic carbocycles. The zero-order valence-corrected chi connectivity index (χ0v) is 16.1. The highest BCUT2D eigenvalue weighted by atomic mass is 16.2. The van der Waals surface area contributed by atoms with E-state index in [1.54, 1.807) is 31.4 Å². The first-order valence-corrected chi connectivity index (χ1v) is 8.82. The summed E-state index contributed by atoms with van der Waals surface area (Å²) in [6, 6.07) is 9.94. The minimum Gasteiger partial charge on any atom is -0.357 e. The standard InChI is InChI=1S/C20H24N6O/c1-14-18(15(2)26(24-14)17-8-6-5-7-9-17)10-19(27)25(4)13-16-11-22-20(21-3)23-12-16/h5-9,11-12H,10,13H2,1-4H3,(H,21,22,23). The molecule has 0 aliphatic rings. The summed E-state index contributed by atoms with van der Waals surface area (Å²) >= 11 is 0. The van der Waals surface area contributed by atoms with Gasteiger partial charge in [0.25, 0.3) is 0 Å². The molecule has 0 fully saturated rings. The molecule has 0 atom stereocenters. The molecule has 0 saturated carbocycles. The minimum atomic E-state index is 0.0338. The van der Waals surface area contributed by atoms with Gasteiger partial charge in [0.2, 0.25) is 11.9 Å². The van der Waals surface area contributed by atoms with Crippen LogP contribution in [0.1, 0.15) is 22.5 Å². The lowest BCUT2D eigenvalue weighted by molar-refractivity contribution is -0.129. The van der Waals surface area contributed by atoms with Crippen LogP contribution in [0.25, 0.3) is 5.69 Å². The van der Waals surface area contributed by atoms with Crippen molar-refractivity contribution in [2.24, 2.45) is 0 Å². The van der Waals surface area contributed by atoms with Gasteiger partial charge in [0, 0.05) is 49.9 Å². The second-order valence-electron chi connectivity index (χ2n) is 6.49. The van der Waals surface area contributed by atoms with Crippen LogP contribution in [0.4, 0.5) is 5.95 Å². The van der Waals surface area contributed by atoms with Gasteiger partial charge in [0.05, 0.1) is 17.8 Å². The average molecular weight is 364 g/mol. The van der Waals surface area contributed by atoms with Crippen LogP contribution in [-0.2, 0) is 17.8 Å². The number of nitrogens with one attached hydrogen (secondary N) is 1. The highest BCUT2D eigenvalue weighted by molar-refractivity contribution is 5.79. The lowest BCUT2D eigenvalue weighted by Crippen LogP contribution is -2.28. The molecule has 0 bridgehead atoms. The van der Waals surface area contributed by atoms with Crippen molar-refractivity contribution >= 4 is 11.9 Å². The van der Waals surface area contributed by atoms with Gasteiger partial charge in [0.15, 0.2) is 0 Å². The number of aromatic nitrogens is 4. The molecular weight excluding hydrogens is 340 g/mol. The van der Waals surface area contributed by atoms with Crippen LogP contribution in [0.3, 0.4) is 0 Å². The van der Waals surface area contributed by atoms with Gasteiger partial charge in [-0.3, -0.25) is 4.79 Å². The second kappa shape index (κ2) is 7.99. The van der Waals surface area contributed by atoms with E-state index in [0.29, 0.717) is 18.9 Å². The highest BCUT2D eigenvalue weighted by Crippen LogP contribution is 2.19. The van der Waals surface area contributed by atoms with Crippen molar-refractivity contribution in [1.82, 2.24) is 24.6 Å². The number of rotatable bonds is 6. The van der Waals surface area contributed by atoms with Crippen LogP contribution in [0.2, 0.25) is 0 Å². The Morgan fingerprint density at radius 2 is 1.81 bits per heavy atom. The second-order valence-corrected chi connectivity index (χ2v) is 6.49. The molecule has 0 radical (unpaired) electrons. The monoisotopic (exact) mass is 364 g/mol. The number of hydrogen-bond acceptors (Lipinski definition) is 5. The number of nitrogens with zero attached hydrogens (tertiary/aromatic N) is 5. The molecule has 1 N–H and O–H groups in total. The Morgan fingerprint density at radius 3 is 2.44 bits per heavy atom. The Kier molecular flexibility index (Phi) is 5.49. The summed E-state index contributed by atoms with van der Waals surface area (Å²) in [6.07, 6.45) is 3.77. The first-order chi connectivity index (χ1) is 13.0. The zero-order valence-electron chi connectivity index (χ0n) is 16.1. The third-order valence-corrected chi connectivity index (χ3v) is 4.54. The number of aryl methyl sites for hydroxylation is 1. The summed E-state index contributed by atoms with van der Waals surface area (Å²) < 4.78 is 1.89. The van der Waals surface area contributed by atoms with E-state index in [2.05, 4.69) is 20.4 Å². The number of hydrogen-bond donors (Lipinski definition) is 1. The number of benzene rings is 1. The van der Waals surface area contributed by atoms with Crippen LogP contribution in [-0.4, -0.2) is 44.7 Å². The van der Waals surface area contributed by atoms with Gasteiger partial charge in [0.1, 0.15) is 0 Å². The molecular formula is C20H24N6O. The maximum atomic E-state index is 12.7. The third kappa shape index (κ3) is 4.13. The van der Waals surface area contributed by atoms with Crippen molar-refractivity contribution in [3.63, 3.8) is 0 Å². The Morgan fingerprint density at radius 1 is 1.15 bits per heavy atom. The van der Waals surface area contributed by atoms with Crippen molar-refractivity contribution in [3.05, 3.63) is 65.2 Å². The van der Waals surface area contributed by atoms with E-state index in [-0.39, 0.29) is 5.91 Å². The maximum Gasteiger partial charge on any atom is 0.227 e. The van der Waals surface area contributed by atoms with E-state index in [4.69, 9.17) is 0 Å². The first kappa shape index (κ1) is 18.6. The van der Waals surface area contributed by atoms with Gasteiger partial charge in [-0.1, -0.05) is 18.2 Å². The molecule has 2 aromatic heterocycles. The Bertz CT molecular complexity index is 918. The smallest absolute Gasteiger partial charge is 0.227 e. The fourth-order valence-electron chi connectivity index (χ4n) is 2.97. The molecule has 0 unspecified atom stereocenters. The number of para-hydroxylation sites is 1. The largest absolute Gasteiger partial charge is 0.357 e. The first-order valence-electron chi connectivity index (χ1n) is 8.82. The van der Waals surface area contributed by atoms with E-state index in [1.165, 1.54) is 0 Å². The molecule has 3 aromatic rings. The Balaban J connectivity index is 1.72. The van der Waals surface area contributed by atoms with Crippen molar-refractivity contribution in [2.45, 2.75) is 26.8 Å². The van der Waals surface area contributed by atoms with Gasteiger partial charge in [-0.15, -0.1) is 0 Å². The number of carbonyl (C=O) groups excluding carboxylic acids is 1. The fourth-order valence-corrected chi connectivity index (χ4v) is 2.97. The average Bonchev–Trinajstić information content (AvgIpc) is 2.97. The normalized spacial score (nSPS) is 10.7. The molecule has 7 heteroatoms. The SMILES string of the molecule is CNc1ncc(CN(C)C(=O)Cc2c(C)nn(-c3ccccc3)c2C)cn1. The summed E-state index contributed by atoms with van der Waals surface area (Å²) in [4.78, 5) is 22.8. The van der Waals surface area contributed by atoms with E-state index in [9.17, 15) is 4.79 Å². The topological polar surface area (TPSA) is 75.9 Å². The summed E-state index contributed by atoms with van der Waals surface area (Å²) in [7, 11) is 3.56. The van der Waals surface area contributed by atoms with Crippen LogP contribution in [0.5, 0.6) is 0 Å². The van der Waals surface area contributed by atoms with E-state index in [1.807, 2.05) is 48.9 Å². The number of amides is 1. The van der Waals surface area contributed by atoms with Crippen LogP contribution in [0, 0.1) is 13.8 Å². The number of likely N-dealkylation sites (N-methyl/N-ethyl adjacent to an activating group) is 1. The maximum absolute atomic E-state index is 12.7. The number of anilines is 1. The predicted octanol–water partition coefficient (Wildman–Crippen LogP) is 2.52. The summed E-state index contributed by atoms with van der Waals surface area (Å²) in [5.41, 5.74) is 4.71. The molecule has 1 amide bonds. The van der Waals surface area contributed by atoms with Crippen molar-refractivity contribution in [3.8, 4) is 5.69 Å². The van der Waals surface area contributed by atoms with Gasteiger partial charge in [-0.25, -0.2) is 14.6 Å². The fraction of sp³-hybridized carbons (Fsp3) is 0.300. The van der Waals surface area contributed by atoms with Crippen LogP contribution in [0.15, 0.2) is 42.7 Å². The molecule has 7 nitrogen and oxygen atoms in total. The molecule has 0 spiro atoms. The van der Waals surface area contributed by atoms with Gasteiger partial charge in [-0.2, -0.15) is 5.10 Å². The summed E-state index contributed by atoms with van der Waals surface area (Å²) in [5, 5.41) is 7.49. The van der Waals surface area contributed by atoms with E-state index in [0.717, 1.165) is 28.2 Å². The highest BCUT2D eigenvalue weighted by Gasteiger charge is 2.18. The predicted molar refractivity (Wildman–Crippen MR) is 105 cm³/mol. The number of carbonyl (C=O) groups is 1. The van der Waals surface area contributed by atoms with Crippen LogP contribution < -0.4 is 5.32 Å². The van der Waals surface area contributed by atoms with Crippen molar-refractivity contribution < 1.29 is 4.79 Å². The molecule has 1 aromatic carbocycles. The quantitative estimate of drug-likeness (QED) is 0.727. The van der Waals surface area contributed by atoms with E-state index >= 15 is 0 Å². The molecule has 2 heterocycles. The van der Waals surface area contributed by atoms with Crippen LogP contribution >= 0.6 is 0 Å².